The van der Waals surface area contributed by atoms with Gasteiger partial charge >= 0.3 is 6.18 Å². The molecule has 0 radical (unpaired) electrons. The van der Waals surface area contributed by atoms with Crippen LogP contribution in [0.5, 0.6) is 0 Å². The largest absolute Gasteiger partial charge is 0.416 e. The van der Waals surface area contributed by atoms with E-state index in [1.54, 1.807) is 0 Å². The maximum Gasteiger partial charge on any atom is 0.416 e. The van der Waals surface area contributed by atoms with Crippen molar-refractivity contribution >= 4 is 0 Å². The Morgan fingerprint density at radius 2 is 1.47 bits per heavy atom. The van der Waals surface area contributed by atoms with Gasteiger partial charge in [-0.3, -0.25) is 0 Å². The van der Waals surface area contributed by atoms with Gasteiger partial charge in [0, 0.05) is 12.0 Å². The lowest BCUT2D eigenvalue weighted by molar-refractivity contribution is -0.138. The summed E-state index contributed by atoms with van der Waals surface area (Å²) in [5, 5.41) is 0. The molecule has 0 bridgehead atoms. The number of alkyl halides is 5. The maximum atomic E-state index is 13.3. The van der Waals surface area contributed by atoms with Crippen molar-refractivity contribution in [3.63, 3.8) is 0 Å². The van der Waals surface area contributed by atoms with Crippen LogP contribution in [0.1, 0.15) is 17.5 Å². The second-order valence-electron chi connectivity index (χ2n) is 3.47. The molecule has 0 aliphatic rings. The van der Waals surface area contributed by atoms with Crippen LogP contribution < -0.4 is 5.73 Å². The molecule has 0 heterocycles. The molecule has 0 atom stereocenters. The topological polar surface area (TPSA) is 26.0 Å². The van der Waals surface area contributed by atoms with Crippen molar-refractivity contribution in [2.45, 2.75) is 18.5 Å². The Morgan fingerprint density at radius 1 is 0.941 bits per heavy atom. The number of hydrogen-bond donors (Lipinski definition) is 1. The van der Waals surface area contributed by atoms with Gasteiger partial charge in [0.15, 0.2) is 0 Å². The van der Waals surface area contributed by atoms with Crippen molar-refractivity contribution < 1.29 is 26.3 Å². The van der Waals surface area contributed by atoms with Gasteiger partial charge in [-0.2, -0.15) is 13.2 Å². The predicted molar refractivity (Wildman–Crippen MR) is 49.0 cm³/mol. The van der Waals surface area contributed by atoms with E-state index in [1.807, 2.05) is 0 Å². The molecular formula is C10H9F6N. The fraction of sp³-hybridized carbons (Fsp3) is 0.400. The lowest BCUT2D eigenvalue weighted by Gasteiger charge is -2.17. The maximum absolute atomic E-state index is 13.3. The first-order chi connectivity index (χ1) is 7.66. The molecule has 0 aromatic heterocycles. The molecule has 17 heavy (non-hydrogen) atoms. The highest BCUT2D eigenvalue weighted by Gasteiger charge is 2.36. The smallest absolute Gasteiger partial charge is 0.330 e. The number of benzene rings is 1. The molecule has 2 N–H and O–H groups in total. The third-order valence-electron chi connectivity index (χ3n) is 2.11. The van der Waals surface area contributed by atoms with Crippen molar-refractivity contribution in [2.24, 2.45) is 5.73 Å². The Balaban J connectivity index is 3.23. The van der Waals surface area contributed by atoms with Crippen LogP contribution in [0.15, 0.2) is 18.2 Å². The van der Waals surface area contributed by atoms with Gasteiger partial charge < -0.3 is 5.73 Å². The van der Waals surface area contributed by atoms with Crippen LogP contribution in [-0.2, 0) is 12.1 Å². The summed E-state index contributed by atoms with van der Waals surface area (Å²) in [5.74, 6) is -4.93. The highest BCUT2D eigenvalue weighted by atomic mass is 19.4. The molecule has 0 fully saturated rings. The van der Waals surface area contributed by atoms with Crippen LogP contribution >= 0.6 is 0 Å². The molecule has 0 amide bonds. The molecule has 0 saturated carbocycles. The van der Waals surface area contributed by atoms with E-state index in [2.05, 4.69) is 0 Å². The Labute approximate surface area is 93.2 Å². The monoisotopic (exact) mass is 257 g/mol. The van der Waals surface area contributed by atoms with Crippen LogP contribution in [0.2, 0.25) is 0 Å². The molecule has 7 heteroatoms. The minimum Gasteiger partial charge on any atom is -0.330 e. The number of nitrogens with two attached hydrogens (primary N) is 1. The van der Waals surface area contributed by atoms with E-state index in [9.17, 15) is 26.3 Å². The fourth-order valence-corrected chi connectivity index (χ4v) is 1.29. The summed E-state index contributed by atoms with van der Waals surface area (Å²) in [5.41, 5.74) is 2.46. The second-order valence-corrected chi connectivity index (χ2v) is 3.47. The average molecular weight is 257 g/mol. The van der Waals surface area contributed by atoms with E-state index in [0.717, 1.165) is 0 Å². The van der Waals surface area contributed by atoms with E-state index in [1.165, 1.54) is 0 Å². The van der Waals surface area contributed by atoms with Crippen molar-refractivity contribution in [2.75, 3.05) is 6.54 Å². The van der Waals surface area contributed by atoms with E-state index < -0.39 is 42.0 Å². The molecule has 1 rings (SSSR count). The van der Waals surface area contributed by atoms with Crippen molar-refractivity contribution in [3.8, 4) is 0 Å². The summed E-state index contributed by atoms with van der Waals surface area (Å²) in [6.07, 6.45) is -5.70. The first kappa shape index (κ1) is 13.8. The van der Waals surface area contributed by atoms with Gasteiger partial charge in [-0.25, -0.2) is 13.2 Å². The van der Waals surface area contributed by atoms with Crippen LogP contribution in [0.25, 0.3) is 0 Å². The summed E-state index contributed by atoms with van der Waals surface area (Å²) in [6.45, 7) is -0.412. The summed E-state index contributed by atoms with van der Waals surface area (Å²) in [7, 11) is 0. The third kappa shape index (κ3) is 3.36. The van der Waals surface area contributed by atoms with Gasteiger partial charge in [0.05, 0.1) is 5.56 Å². The fourth-order valence-electron chi connectivity index (χ4n) is 1.29. The molecule has 1 aromatic carbocycles. The second kappa shape index (κ2) is 4.56. The predicted octanol–water partition coefficient (Wildman–Crippen LogP) is 3.29. The highest BCUT2D eigenvalue weighted by molar-refractivity contribution is 5.29. The quantitative estimate of drug-likeness (QED) is 0.826. The van der Waals surface area contributed by atoms with Crippen molar-refractivity contribution in [3.05, 3.63) is 35.1 Å². The van der Waals surface area contributed by atoms with Crippen LogP contribution in [0.3, 0.4) is 0 Å². The SMILES string of the molecule is NCCC(F)(F)c1cc(F)cc(C(F)(F)F)c1. The standard InChI is InChI=1S/C10H9F6N/c11-8-4-6(9(12,13)1-2-17)3-7(5-8)10(14,15)16/h3-5H,1-2,17H2. The Morgan fingerprint density at radius 3 is 1.94 bits per heavy atom. The normalized spacial score (nSPS) is 12.9. The van der Waals surface area contributed by atoms with Crippen molar-refractivity contribution in [1.29, 1.82) is 0 Å². The van der Waals surface area contributed by atoms with Crippen LogP contribution in [-0.4, -0.2) is 6.54 Å². The van der Waals surface area contributed by atoms with Crippen LogP contribution in [0, 0.1) is 5.82 Å². The third-order valence-corrected chi connectivity index (χ3v) is 2.11. The Kier molecular flexibility index (Phi) is 3.71. The van der Waals surface area contributed by atoms with E-state index >= 15 is 0 Å². The lowest BCUT2D eigenvalue weighted by atomic mass is 10.0. The van der Waals surface area contributed by atoms with Gasteiger partial charge in [0.25, 0.3) is 5.92 Å². The van der Waals surface area contributed by atoms with E-state index in [-0.39, 0.29) is 12.1 Å². The first-order valence-corrected chi connectivity index (χ1v) is 4.63. The summed E-state index contributed by atoms with van der Waals surface area (Å²) >= 11 is 0. The van der Waals surface area contributed by atoms with Gasteiger partial charge in [-0.1, -0.05) is 0 Å². The van der Waals surface area contributed by atoms with Gasteiger partial charge in [0.1, 0.15) is 5.82 Å². The highest BCUT2D eigenvalue weighted by Crippen LogP contribution is 2.36. The number of hydrogen-bond acceptors (Lipinski definition) is 1. The zero-order chi connectivity index (χ0) is 13.3. The molecular weight excluding hydrogens is 248 g/mol. The molecule has 1 aromatic rings. The Bertz CT molecular complexity index is 398. The van der Waals surface area contributed by atoms with Gasteiger partial charge in [-0.05, 0) is 24.7 Å². The summed E-state index contributed by atoms with van der Waals surface area (Å²) in [4.78, 5) is 0. The summed E-state index contributed by atoms with van der Waals surface area (Å²) in [6, 6.07) is 0.783. The summed E-state index contributed by atoms with van der Waals surface area (Å²) < 4.78 is 76.3. The van der Waals surface area contributed by atoms with E-state index in [4.69, 9.17) is 5.73 Å². The van der Waals surface area contributed by atoms with Gasteiger partial charge in [-0.15, -0.1) is 0 Å². The molecule has 0 saturated heterocycles. The van der Waals surface area contributed by atoms with Gasteiger partial charge in [0.2, 0.25) is 0 Å². The van der Waals surface area contributed by atoms with Crippen LogP contribution in [0.4, 0.5) is 26.3 Å². The zero-order valence-corrected chi connectivity index (χ0v) is 8.49. The molecule has 0 spiro atoms. The minimum atomic E-state index is -4.87. The molecule has 1 nitrogen and oxygen atoms in total. The lowest BCUT2D eigenvalue weighted by Crippen LogP contribution is -2.20. The zero-order valence-electron chi connectivity index (χ0n) is 8.49. The first-order valence-electron chi connectivity index (χ1n) is 4.63. The molecule has 96 valence electrons. The molecule has 0 aliphatic carbocycles. The molecule has 0 unspecified atom stereocenters. The number of rotatable bonds is 3. The Hall–Kier alpha value is -1.24. The average Bonchev–Trinajstić information content (AvgIpc) is 2.15. The molecule has 0 aliphatic heterocycles. The minimum absolute atomic E-state index is 0.169. The van der Waals surface area contributed by atoms with Crippen molar-refractivity contribution in [1.82, 2.24) is 0 Å². The van der Waals surface area contributed by atoms with E-state index in [0.29, 0.717) is 6.07 Å². The number of halogens is 6.